The van der Waals surface area contributed by atoms with E-state index in [1.807, 2.05) is 34.9 Å². The fourth-order valence-electron chi connectivity index (χ4n) is 6.30. The van der Waals surface area contributed by atoms with Crippen molar-refractivity contribution in [2.75, 3.05) is 40.0 Å². The van der Waals surface area contributed by atoms with Gasteiger partial charge in [-0.3, -0.25) is 4.79 Å². The quantitative estimate of drug-likeness (QED) is 0.347. The summed E-state index contributed by atoms with van der Waals surface area (Å²) in [4.78, 5) is 37.2. The molecular weight excluding hydrogens is 595 g/mol. The number of aliphatic hydroxyl groups is 1. The average Bonchev–Trinajstić information content (AvgIpc) is 3.46. The van der Waals surface area contributed by atoms with E-state index in [9.17, 15) is 33.0 Å². The summed E-state index contributed by atoms with van der Waals surface area (Å²) in [6, 6.07) is 9.84. The Morgan fingerprint density at radius 1 is 1.11 bits per heavy atom. The number of benzene rings is 1. The van der Waals surface area contributed by atoms with Gasteiger partial charge >= 0.3 is 12.3 Å². The Morgan fingerprint density at radius 3 is 2.60 bits per heavy atom. The average molecular weight is 632 g/mol. The number of hydrogen-bond acceptors (Lipinski definition) is 7. The number of nitrogens with zero attached hydrogens (tertiary/aromatic N) is 5. The van der Waals surface area contributed by atoms with E-state index in [1.54, 1.807) is 11.2 Å². The smallest absolute Gasteiger partial charge is 0.416 e. The molecule has 3 aromatic rings. The second-order valence-corrected chi connectivity index (χ2v) is 11.4. The van der Waals surface area contributed by atoms with Crippen LogP contribution in [0, 0.1) is 0 Å². The molecule has 1 saturated carbocycles. The summed E-state index contributed by atoms with van der Waals surface area (Å²) >= 11 is 0. The van der Waals surface area contributed by atoms with Gasteiger partial charge in [0.15, 0.2) is 5.69 Å². The highest BCUT2D eigenvalue weighted by atomic mass is 19.4. The van der Waals surface area contributed by atoms with Crippen molar-refractivity contribution < 1.29 is 42.4 Å². The van der Waals surface area contributed by atoms with Gasteiger partial charge in [-0.15, -0.1) is 0 Å². The SMILES string of the molecule is COC[C@]1(O)CCCC[C@H]1n1cnc(C(=O)N2CCN(C(=O)O)C[C@H]2CCOc2cc(C(F)(F)F)ccn2)c1-c1ccccc1. The lowest BCUT2D eigenvalue weighted by Crippen LogP contribution is -2.56. The van der Waals surface area contributed by atoms with Gasteiger partial charge in [0.05, 0.1) is 42.9 Å². The molecule has 1 aliphatic heterocycles. The van der Waals surface area contributed by atoms with Crippen molar-refractivity contribution in [1.82, 2.24) is 24.3 Å². The van der Waals surface area contributed by atoms with Crippen LogP contribution in [0.3, 0.4) is 0 Å². The summed E-state index contributed by atoms with van der Waals surface area (Å²) in [6.07, 6.45) is -0.101. The lowest BCUT2D eigenvalue weighted by Gasteiger charge is -2.41. The van der Waals surface area contributed by atoms with Crippen LogP contribution in [0.15, 0.2) is 55.0 Å². The molecule has 1 saturated heterocycles. The summed E-state index contributed by atoms with van der Waals surface area (Å²) in [6.45, 7) is 0.147. The Kier molecular flexibility index (Phi) is 9.63. The van der Waals surface area contributed by atoms with Gasteiger partial charge in [-0.1, -0.05) is 43.2 Å². The van der Waals surface area contributed by atoms with Crippen molar-refractivity contribution in [2.45, 2.75) is 56.0 Å². The normalized spacial score (nSPS) is 22.3. The number of hydrogen-bond donors (Lipinski definition) is 2. The number of piperazine rings is 1. The lowest BCUT2D eigenvalue weighted by molar-refractivity contribution is -0.137. The number of ether oxygens (including phenoxy) is 2. The molecule has 1 aliphatic carbocycles. The van der Waals surface area contributed by atoms with Crippen molar-refractivity contribution in [3.05, 3.63) is 66.2 Å². The van der Waals surface area contributed by atoms with Gasteiger partial charge < -0.3 is 34.1 Å². The van der Waals surface area contributed by atoms with Crippen LogP contribution >= 0.6 is 0 Å². The summed E-state index contributed by atoms with van der Waals surface area (Å²) in [5.74, 6) is -0.652. The third-order valence-corrected chi connectivity index (χ3v) is 8.51. The zero-order valence-corrected chi connectivity index (χ0v) is 24.8. The minimum absolute atomic E-state index is 0.0158. The Bertz CT molecular complexity index is 1480. The standard InChI is InChI=1S/C31H36F3N5O6/c1-44-19-30(43)12-6-5-9-24(30)39-20-36-26(27(39)21-7-3-2-4-8-21)28(40)38-15-14-37(29(41)42)18-23(38)11-16-45-25-17-22(10-13-35-25)31(32,33)34/h2-4,7-8,10,13,17,20,23-24,43H,5-6,9,11-12,14-16,18-19H2,1H3,(H,41,42)/t23-,24-,30-/m1/s1. The Labute approximate surface area is 258 Å². The first-order valence-corrected chi connectivity index (χ1v) is 14.8. The number of aromatic nitrogens is 3. The maximum Gasteiger partial charge on any atom is 0.416 e. The monoisotopic (exact) mass is 631 g/mol. The number of halogens is 3. The molecule has 0 radical (unpaired) electrons. The van der Waals surface area contributed by atoms with Crippen LogP contribution in [0.4, 0.5) is 18.0 Å². The molecule has 0 bridgehead atoms. The molecular formula is C31H36F3N5O6. The zero-order valence-electron chi connectivity index (χ0n) is 24.8. The summed E-state index contributed by atoms with van der Waals surface area (Å²) in [5, 5.41) is 21.3. The molecule has 1 aromatic carbocycles. The van der Waals surface area contributed by atoms with Crippen LogP contribution in [0.1, 0.15) is 54.2 Å². The topological polar surface area (TPSA) is 130 Å². The van der Waals surface area contributed by atoms with Gasteiger partial charge in [0, 0.05) is 51.0 Å². The molecule has 3 heterocycles. The van der Waals surface area contributed by atoms with E-state index in [0.29, 0.717) is 18.5 Å². The number of carboxylic acid groups (broad SMARTS) is 1. The van der Waals surface area contributed by atoms with E-state index in [1.165, 1.54) is 12.0 Å². The molecule has 2 aromatic heterocycles. The van der Waals surface area contributed by atoms with Crippen molar-refractivity contribution in [3.63, 3.8) is 0 Å². The van der Waals surface area contributed by atoms with E-state index in [0.717, 1.165) is 36.7 Å². The van der Waals surface area contributed by atoms with E-state index >= 15 is 0 Å². The molecule has 45 heavy (non-hydrogen) atoms. The Balaban J connectivity index is 1.44. The molecule has 3 atom stereocenters. The first-order chi connectivity index (χ1) is 21.5. The van der Waals surface area contributed by atoms with Crippen LogP contribution in [-0.2, 0) is 10.9 Å². The van der Waals surface area contributed by atoms with Gasteiger partial charge in [0.25, 0.3) is 5.91 Å². The molecule has 2 amide bonds. The number of pyridine rings is 1. The predicted octanol–water partition coefficient (Wildman–Crippen LogP) is 4.73. The molecule has 11 nitrogen and oxygen atoms in total. The molecule has 2 fully saturated rings. The van der Waals surface area contributed by atoms with Crippen LogP contribution in [0.2, 0.25) is 0 Å². The minimum Gasteiger partial charge on any atom is -0.478 e. The van der Waals surface area contributed by atoms with Crippen LogP contribution < -0.4 is 4.74 Å². The van der Waals surface area contributed by atoms with E-state index in [4.69, 9.17) is 9.47 Å². The number of rotatable bonds is 9. The number of alkyl halides is 3. The van der Waals surface area contributed by atoms with Gasteiger partial charge in [-0.2, -0.15) is 13.2 Å². The first kappa shape index (κ1) is 32.2. The van der Waals surface area contributed by atoms with Gasteiger partial charge in [-0.25, -0.2) is 14.8 Å². The number of carbonyl (C=O) groups excluding carboxylic acids is 1. The number of amides is 2. The molecule has 2 N–H and O–H groups in total. The third kappa shape index (κ3) is 7.06. The van der Waals surface area contributed by atoms with Gasteiger partial charge in [0.2, 0.25) is 5.88 Å². The molecule has 0 unspecified atom stereocenters. The highest BCUT2D eigenvalue weighted by molar-refractivity contribution is 5.98. The summed E-state index contributed by atoms with van der Waals surface area (Å²) in [7, 11) is 1.54. The third-order valence-electron chi connectivity index (χ3n) is 8.51. The highest BCUT2D eigenvalue weighted by Crippen LogP contribution is 2.41. The second-order valence-electron chi connectivity index (χ2n) is 11.4. The van der Waals surface area contributed by atoms with Crippen molar-refractivity contribution in [2.24, 2.45) is 0 Å². The van der Waals surface area contributed by atoms with Crippen molar-refractivity contribution in [3.8, 4) is 17.1 Å². The molecule has 14 heteroatoms. The maximum absolute atomic E-state index is 14.3. The Hall–Kier alpha value is -4.17. The van der Waals surface area contributed by atoms with Gasteiger partial charge in [0.1, 0.15) is 5.60 Å². The maximum atomic E-state index is 14.3. The number of carbonyl (C=O) groups is 2. The molecule has 2 aliphatic rings. The second kappa shape index (κ2) is 13.4. The summed E-state index contributed by atoms with van der Waals surface area (Å²) < 4.78 is 52.2. The van der Waals surface area contributed by atoms with Crippen LogP contribution in [-0.4, -0.2) is 98.1 Å². The van der Waals surface area contributed by atoms with Crippen LogP contribution in [0.5, 0.6) is 5.88 Å². The molecule has 0 spiro atoms. The Morgan fingerprint density at radius 2 is 1.89 bits per heavy atom. The van der Waals surface area contributed by atoms with E-state index < -0.39 is 41.4 Å². The first-order valence-electron chi connectivity index (χ1n) is 14.8. The fourth-order valence-corrected chi connectivity index (χ4v) is 6.30. The minimum atomic E-state index is -4.56. The largest absolute Gasteiger partial charge is 0.478 e. The zero-order chi connectivity index (χ0) is 32.2. The highest BCUT2D eigenvalue weighted by Gasteiger charge is 2.43. The predicted molar refractivity (Wildman–Crippen MR) is 156 cm³/mol. The molecule has 5 rings (SSSR count). The molecule has 242 valence electrons. The lowest BCUT2D eigenvalue weighted by atomic mass is 9.80. The van der Waals surface area contributed by atoms with Crippen molar-refractivity contribution in [1.29, 1.82) is 0 Å². The number of imidazole rings is 1. The van der Waals surface area contributed by atoms with Gasteiger partial charge in [-0.05, 0) is 18.9 Å². The fraction of sp³-hybridized carbons (Fsp3) is 0.484. The van der Waals surface area contributed by atoms with E-state index in [-0.39, 0.29) is 50.8 Å². The number of methoxy groups -OCH3 is 1. The van der Waals surface area contributed by atoms with Crippen molar-refractivity contribution >= 4 is 12.0 Å². The van der Waals surface area contributed by atoms with E-state index in [2.05, 4.69) is 9.97 Å². The summed E-state index contributed by atoms with van der Waals surface area (Å²) in [5.41, 5.74) is -0.657. The van der Waals surface area contributed by atoms with Crippen LogP contribution in [0.25, 0.3) is 11.3 Å².